The van der Waals surface area contributed by atoms with Gasteiger partial charge in [-0.3, -0.25) is 0 Å². The van der Waals surface area contributed by atoms with E-state index < -0.39 is 5.82 Å². The zero-order chi connectivity index (χ0) is 13.6. The smallest absolute Gasteiger partial charge is 0.201 e. The maximum absolute atomic E-state index is 13.7. The highest BCUT2D eigenvalue weighted by Crippen LogP contribution is 2.38. The number of nitrogens with zero attached hydrogens (tertiary/aromatic N) is 2. The minimum atomic E-state index is -0.408. The average molecular weight is 263 g/mol. The molecule has 1 aromatic carbocycles. The van der Waals surface area contributed by atoms with Crippen LogP contribution in [0.1, 0.15) is 32.2 Å². The molecule has 1 aliphatic rings. The third kappa shape index (κ3) is 2.13. The van der Waals surface area contributed by atoms with Crippen LogP contribution in [0, 0.1) is 11.7 Å². The van der Waals surface area contributed by atoms with Gasteiger partial charge in [0.2, 0.25) is 5.95 Å². The van der Waals surface area contributed by atoms with Crippen molar-refractivity contribution in [1.29, 1.82) is 0 Å². The van der Waals surface area contributed by atoms with Gasteiger partial charge < -0.3 is 15.0 Å². The molecule has 3 rings (SSSR count). The predicted molar refractivity (Wildman–Crippen MR) is 72.7 cm³/mol. The minimum Gasteiger partial charge on any atom is -0.494 e. The van der Waals surface area contributed by atoms with Gasteiger partial charge in [-0.1, -0.05) is 12.8 Å². The summed E-state index contributed by atoms with van der Waals surface area (Å²) in [5, 5.41) is 0. The Morgan fingerprint density at radius 1 is 1.53 bits per heavy atom. The van der Waals surface area contributed by atoms with Gasteiger partial charge in [0.15, 0.2) is 11.6 Å². The van der Waals surface area contributed by atoms with Crippen molar-refractivity contribution >= 4 is 17.0 Å². The summed E-state index contributed by atoms with van der Waals surface area (Å²) < 4.78 is 20.7. The quantitative estimate of drug-likeness (QED) is 0.922. The molecule has 1 saturated carbocycles. The van der Waals surface area contributed by atoms with Gasteiger partial charge in [0.1, 0.15) is 0 Å². The molecule has 1 fully saturated rings. The lowest BCUT2D eigenvalue weighted by atomic mass is 10.1. The SMILES string of the molecule is COc1cc2c(cc1F)nc(N)n2C(C)CC1CC1. The van der Waals surface area contributed by atoms with Crippen molar-refractivity contribution in [3.8, 4) is 5.75 Å². The number of hydrogen-bond donors (Lipinski definition) is 1. The molecule has 102 valence electrons. The fourth-order valence-corrected chi connectivity index (χ4v) is 2.68. The first-order chi connectivity index (χ1) is 9.10. The molecule has 4 nitrogen and oxygen atoms in total. The minimum absolute atomic E-state index is 0.229. The van der Waals surface area contributed by atoms with Crippen molar-refractivity contribution < 1.29 is 9.13 Å². The molecule has 1 aliphatic carbocycles. The fraction of sp³-hybridized carbons (Fsp3) is 0.500. The summed E-state index contributed by atoms with van der Waals surface area (Å²) in [6, 6.07) is 3.33. The van der Waals surface area contributed by atoms with Crippen LogP contribution in [0.15, 0.2) is 12.1 Å². The average Bonchev–Trinajstić information content (AvgIpc) is 3.10. The number of halogens is 1. The Kier molecular flexibility index (Phi) is 2.84. The highest BCUT2D eigenvalue weighted by atomic mass is 19.1. The highest BCUT2D eigenvalue weighted by molar-refractivity contribution is 5.80. The van der Waals surface area contributed by atoms with Crippen LogP contribution in [0.5, 0.6) is 5.75 Å². The lowest BCUT2D eigenvalue weighted by Gasteiger charge is -2.16. The summed E-state index contributed by atoms with van der Waals surface area (Å²) in [6.07, 6.45) is 3.69. The van der Waals surface area contributed by atoms with Gasteiger partial charge in [0.05, 0.1) is 18.1 Å². The Morgan fingerprint density at radius 2 is 2.26 bits per heavy atom. The number of hydrogen-bond acceptors (Lipinski definition) is 3. The van der Waals surface area contributed by atoms with Crippen LogP contribution in [-0.4, -0.2) is 16.7 Å². The number of ether oxygens (including phenoxy) is 1. The van der Waals surface area contributed by atoms with E-state index in [9.17, 15) is 4.39 Å². The predicted octanol–water partition coefficient (Wildman–Crippen LogP) is 3.13. The van der Waals surface area contributed by atoms with Gasteiger partial charge in [-0.05, 0) is 19.3 Å². The number of aromatic nitrogens is 2. The third-order valence-corrected chi connectivity index (χ3v) is 3.80. The monoisotopic (exact) mass is 263 g/mol. The lowest BCUT2D eigenvalue weighted by molar-refractivity contribution is 0.387. The lowest BCUT2D eigenvalue weighted by Crippen LogP contribution is -2.09. The third-order valence-electron chi connectivity index (χ3n) is 3.80. The van der Waals surface area contributed by atoms with E-state index in [1.165, 1.54) is 26.0 Å². The number of imidazole rings is 1. The van der Waals surface area contributed by atoms with Gasteiger partial charge in [0.25, 0.3) is 0 Å². The van der Waals surface area contributed by atoms with Gasteiger partial charge in [-0.25, -0.2) is 9.37 Å². The molecule has 5 heteroatoms. The largest absolute Gasteiger partial charge is 0.494 e. The molecule has 1 aromatic heterocycles. The molecule has 0 amide bonds. The summed E-state index contributed by atoms with van der Waals surface area (Å²) in [7, 11) is 1.46. The molecule has 1 unspecified atom stereocenters. The molecule has 0 bridgehead atoms. The summed E-state index contributed by atoms with van der Waals surface area (Å²) in [4.78, 5) is 4.24. The van der Waals surface area contributed by atoms with Crippen molar-refractivity contribution in [2.24, 2.45) is 5.92 Å². The summed E-state index contributed by atoms with van der Waals surface area (Å²) >= 11 is 0. The van der Waals surface area contributed by atoms with Crippen LogP contribution >= 0.6 is 0 Å². The number of fused-ring (bicyclic) bond motifs is 1. The van der Waals surface area contributed by atoms with Crippen molar-refractivity contribution in [2.45, 2.75) is 32.2 Å². The summed E-state index contributed by atoms with van der Waals surface area (Å²) in [5.41, 5.74) is 7.40. The molecule has 2 aromatic rings. The molecule has 1 heterocycles. The molecule has 1 atom stereocenters. The van der Waals surface area contributed by atoms with Crippen molar-refractivity contribution in [3.63, 3.8) is 0 Å². The zero-order valence-electron chi connectivity index (χ0n) is 11.2. The van der Waals surface area contributed by atoms with Crippen LogP contribution in [0.4, 0.5) is 10.3 Å². The van der Waals surface area contributed by atoms with Gasteiger partial charge in [-0.15, -0.1) is 0 Å². The summed E-state index contributed by atoms with van der Waals surface area (Å²) in [6.45, 7) is 2.13. The fourth-order valence-electron chi connectivity index (χ4n) is 2.68. The number of nitrogens with two attached hydrogens (primary N) is 1. The van der Waals surface area contributed by atoms with Crippen LogP contribution < -0.4 is 10.5 Å². The maximum atomic E-state index is 13.7. The molecule has 0 aliphatic heterocycles. The Morgan fingerprint density at radius 3 is 2.89 bits per heavy atom. The standard InChI is InChI=1S/C14H18FN3O/c1-8(5-9-3-4-9)18-12-7-13(19-2)10(15)6-11(12)17-14(18)16/h6-9H,3-5H2,1-2H3,(H2,16,17). The topological polar surface area (TPSA) is 53.1 Å². The molecule has 0 saturated heterocycles. The first kappa shape index (κ1) is 12.3. The Balaban J connectivity index is 2.08. The maximum Gasteiger partial charge on any atom is 0.201 e. The molecular formula is C14H18FN3O. The second-order valence-electron chi connectivity index (χ2n) is 5.34. The normalized spacial score (nSPS) is 16.8. The van der Waals surface area contributed by atoms with Crippen molar-refractivity contribution in [3.05, 3.63) is 17.9 Å². The van der Waals surface area contributed by atoms with E-state index in [1.807, 2.05) is 4.57 Å². The number of nitrogen functional groups attached to an aromatic ring is 1. The Hall–Kier alpha value is -1.78. The van der Waals surface area contributed by atoms with Gasteiger partial charge >= 0.3 is 0 Å². The van der Waals surface area contributed by atoms with Crippen LogP contribution in [0.2, 0.25) is 0 Å². The van der Waals surface area contributed by atoms with E-state index in [0.29, 0.717) is 11.5 Å². The van der Waals surface area contributed by atoms with E-state index in [-0.39, 0.29) is 11.8 Å². The number of methoxy groups -OCH3 is 1. The van der Waals surface area contributed by atoms with E-state index in [0.717, 1.165) is 17.9 Å². The number of anilines is 1. The Labute approximate surface area is 111 Å². The first-order valence-electron chi connectivity index (χ1n) is 6.61. The number of benzene rings is 1. The first-order valence-corrected chi connectivity index (χ1v) is 6.61. The molecule has 2 N–H and O–H groups in total. The van der Waals surface area contributed by atoms with Gasteiger partial charge in [-0.2, -0.15) is 0 Å². The van der Waals surface area contributed by atoms with Crippen LogP contribution in [0.3, 0.4) is 0 Å². The highest BCUT2D eigenvalue weighted by Gasteiger charge is 2.26. The van der Waals surface area contributed by atoms with Crippen molar-refractivity contribution in [1.82, 2.24) is 9.55 Å². The number of rotatable bonds is 4. The molecule has 19 heavy (non-hydrogen) atoms. The van der Waals surface area contributed by atoms with Crippen LogP contribution in [-0.2, 0) is 0 Å². The van der Waals surface area contributed by atoms with E-state index >= 15 is 0 Å². The molecule has 0 spiro atoms. The molecular weight excluding hydrogens is 245 g/mol. The second kappa shape index (κ2) is 4.40. The zero-order valence-corrected chi connectivity index (χ0v) is 11.2. The van der Waals surface area contributed by atoms with E-state index in [4.69, 9.17) is 10.5 Å². The summed E-state index contributed by atoms with van der Waals surface area (Å²) in [5.74, 6) is 1.06. The Bertz CT molecular complexity index is 619. The molecule has 0 radical (unpaired) electrons. The van der Waals surface area contributed by atoms with Gasteiger partial charge in [0, 0.05) is 18.2 Å². The second-order valence-corrected chi connectivity index (χ2v) is 5.34. The van der Waals surface area contributed by atoms with Crippen molar-refractivity contribution in [2.75, 3.05) is 12.8 Å². The van der Waals surface area contributed by atoms with E-state index in [2.05, 4.69) is 11.9 Å². The van der Waals surface area contributed by atoms with Crippen LogP contribution in [0.25, 0.3) is 11.0 Å². The van der Waals surface area contributed by atoms with E-state index in [1.54, 1.807) is 6.07 Å².